The van der Waals surface area contributed by atoms with Gasteiger partial charge in [0.15, 0.2) is 0 Å². The van der Waals surface area contributed by atoms with Crippen LogP contribution in [0.5, 0.6) is 0 Å². The fourth-order valence-corrected chi connectivity index (χ4v) is 2.81. The van der Waals surface area contributed by atoms with Gasteiger partial charge in [0.05, 0.1) is 19.3 Å². The first-order valence-corrected chi connectivity index (χ1v) is 7.73. The van der Waals surface area contributed by atoms with Crippen LogP contribution in [0.2, 0.25) is 0 Å². The summed E-state index contributed by atoms with van der Waals surface area (Å²) in [4.78, 5) is 2.12. The third-order valence-electron chi connectivity index (χ3n) is 3.47. The van der Waals surface area contributed by atoms with Gasteiger partial charge in [-0.2, -0.15) is 0 Å². The van der Waals surface area contributed by atoms with Crippen molar-refractivity contribution in [3.63, 3.8) is 0 Å². The van der Waals surface area contributed by atoms with E-state index in [2.05, 4.69) is 20.8 Å². The van der Waals surface area contributed by atoms with Crippen LogP contribution < -0.4 is 5.73 Å². The van der Waals surface area contributed by atoms with Gasteiger partial charge in [0.1, 0.15) is 5.82 Å². The molecular weight excluding hydrogens is 339 g/mol. The van der Waals surface area contributed by atoms with Crippen molar-refractivity contribution < 1.29 is 13.9 Å². The number of ether oxygens (including phenoxy) is 2. The van der Waals surface area contributed by atoms with Crippen molar-refractivity contribution in [1.29, 1.82) is 0 Å². The Morgan fingerprint density at radius 3 is 2.62 bits per heavy atom. The summed E-state index contributed by atoms with van der Waals surface area (Å²) in [6, 6.07) is 4.81. The van der Waals surface area contributed by atoms with E-state index >= 15 is 0 Å². The molecule has 0 aliphatic heterocycles. The first-order valence-electron chi connectivity index (χ1n) is 6.93. The number of halogens is 2. The van der Waals surface area contributed by atoms with Crippen molar-refractivity contribution in [3.8, 4) is 0 Å². The molecule has 2 unspecified atom stereocenters. The molecule has 2 atom stereocenters. The van der Waals surface area contributed by atoms with Crippen molar-refractivity contribution in [3.05, 3.63) is 34.1 Å². The Balaban J connectivity index is 3.07. The second kappa shape index (κ2) is 9.48. The molecule has 0 aliphatic rings. The van der Waals surface area contributed by atoms with E-state index in [4.69, 9.17) is 15.2 Å². The minimum Gasteiger partial charge on any atom is -0.383 e. The molecule has 0 aromatic heterocycles. The van der Waals surface area contributed by atoms with Crippen molar-refractivity contribution in [2.24, 2.45) is 5.73 Å². The van der Waals surface area contributed by atoms with E-state index in [0.717, 1.165) is 4.47 Å². The maximum Gasteiger partial charge on any atom is 0.128 e. The first-order chi connectivity index (χ1) is 10.0. The minimum atomic E-state index is -0.249. The molecule has 2 N–H and O–H groups in total. The van der Waals surface area contributed by atoms with Crippen molar-refractivity contribution in [2.45, 2.75) is 19.0 Å². The molecule has 0 aliphatic carbocycles. The molecule has 0 fully saturated rings. The maximum absolute atomic E-state index is 14.2. The standard InChI is InChI=1S/C15H24BrFN2O2/c1-11(10-21-3)19(6-7-20-2)15(9-18)13-8-12(16)4-5-14(13)17/h4-5,8,11,15H,6-7,9-10,18H2,1-3H3. The molecule has 1 aromatic carbocycles. The van der Waals surface area contributed by atoms with Crippen molar-refractivity contribution in [1.82, 2.24) is 4.90 Å². The van der Waals surface area contributed by atoms with E-state index in [9.17, 15) is 4.39 Å². The summed E-state index contributed by atoms with van der Waals surface area (Å²) >= 11 is 3.39. The highest BCUT2D eigenvalue weighted by Crippen LogP contribution is 2.27. The normalized spacial score (nSPS) is 14.4. The van der Waals surface area contributed by atoms with Crippen LogP contribution in [0.15, 0.2) is 22.7 Å². The average Bonchev–Trinajstić information content (AvgIpc) is 2.46. The second-order valence-corrected chi connectivity index (χ2v) is 5.87. The summed E-state index contributed by atoms with van der Waals surface area (Å²) in [5.41, 5.74) is 6.51. The molecule has 0 bridgehead atoms. The van der Waals surface area contributed by atoms with E-state index in [1.54, 1.807) is 26.4 Å². The van der Waals surface area contributed by atoms with Gasteiger partial charge in [-0.1, -0.05) is 15.9 Å². The Hall–Kier alpha value is -0.530. The van der Waals surface area contributed by atoms with E-state index in [1.165, 1.54) is 6.07 Å². The lowest BCUT2D eigenvalue weighted by Gasteiger charge is -2.36. The zero-order chi connectivity index (χ0) is 15.8. The molecule has 0 spiro atoms. The molecular formula is C15H24BrFN2O2. The number of benzene rings is 1. The molecule has 21 heavy (non-hydrogen) atoms. The van der Waals surface area contributed by atoms with Gasteiger partial charge in [0.25, 0.3) is 0 Å². The SMILES string of the molecule is COCCN(C(C)COC)C(CN)c1cc(Br)ccc1F. The Labute approximate surface area is 134 Å². The predicted octanol–water partition coefficient (Wildman–Crippen LogP) is 2.57. The van der Waals surface area contributed by atoms with Gasteiger partial charge in [0.2, 0.25) is 0 Å². The lowest BCUT2D eigenvalue weighted by atomic mass is 10.0. The third kappa shape index (κ3) is 5.30. The van der Waals surface area contributed by atoms with Gasteiger partial charge in [-0.3, -0.25) is 4.90 Å². The van der Waals surface area contributed by atoms with Gasteiger partial charge in [-0.05, 0) is 25.1 Å². The number of nitrogens with two attached hydrogens (primary N) is 1. The topological polar surface area (TPSA) is 47.7 Å². The molecule has 1 rings (SSSR count). The molecule has 4 nitrogen and oxygen atoms in total. The van der Waals surface area contributed by atoms with Crippen LogP contribution in [0.1, 0.15) is 18.5 Å². The maximum atomic E-state index is 14.2. The molecule has 120 valence electrons. The molecule has 0 radical (unpaired) electrons. The van der Waals surface area contributed by atoms with Crippen LogP contribution >= 0.6 is 15.9 Å². The number of rotatable bonds is 9. The highest BCUT2D eigenvalue weighted by molar-refractivity contribution is 9.10. The second-order valence-electron chi connectivity index (χ2n) is 4.95. The number of nitrogens with zero attached hydrogens (tertiary/aromatic N) is 1. The monoisotopic (exact) mass is 362 g/mol. The van der Waals surface area contributed by atoms with E-state index < -0.39 is 0 Å². The first kappa shape index (κ1) is 18.5. The Bertz CT molecular complexity index is 434. The lowest BCUT2D eigenvalue weighted by Crippen LogP contribution is -2.44. The minimum absolute atomic E-state index is 0.108. The molecule has 0 amide bonds. The third-order valence-corrected chi connectivity index (χ3v) is 3.96. The van der Waals surface area contributed by atoms with Crippen LogP contribution in [0.25, 0.3) is 0 Å². The summed E-state index contributed by atoms with van der Waals surface area (Å²) in [6.45, 7) is 4.13. The fraction of sp³-hybridized carbons (Fsp3) is 0.600. The average molecular weight is 363 g/mol. The van der Waals surface area contributed by atoms with E-state index in [-0.39, 0.29) is 17.9 Å². The highest BCUT2D eigenvalue weighted by atomic mass is 79.9. The van der Waals surface area contributed by atoms with Gasteiger partial charge in [-0.15, -0.1) is 0 Å². The van der Waals surface area contributed by atoms with Gasteiger partial charge >= 0.3 is 0 Å². The summed E-state index contributed by atoms with van der Waals surface area (Å²) in [6.07, 6.45) is 0. The van der Waals surface area contributed by atoms with E-state index in [1.807, 2.05) is 6.92 Å². The number of methoxy groups -OCH3 is 2. The molecule has 6 heteroatoms. The summed E-state index contributed by atoms with van der Waals surface area (Å²) in [7, 11) is 3.30. The van der Waals surface area contributed by atoms with Crippen LogP contribution in [-0.2, 0) is 9.47 Å². The largest absolute Gasteiger partial charge is 0.383 e. The van der Waals surface area contributed by atoms with Crippen molar-refractivity contribution >= 4 is 15.9 Å². The van der Waals surface area contributed by atoms with Gasteiger partial charge < -0.3 is 15.2 Å². The highest BCUT2D eigenvalue weighted by Gasteiger charge is 2.26. The van der Waals surface area contributed by atoms with Gasteiger partial charge in [0, 0.05) is 43.4 Å². The number of hydrogen-bond donors (Lipinski definition) is 1. The smallest absolute Gasteiger partial charge is 0.128 e. The van der Waals surface area contributed by atoms with Crippen LogP contribution in [0, 0.1) is 5.82 Å². The zero-order valence-electron chi connectivity index (χ0n) is 12.8. The Morgan fingerprint density at radius 2 is 2.05 bits per heavy atom. The quantitative estimate of drug-likeness (QED) is 0.733. The van der Waals surface area contributed by atoms with Crippen LogP contribution in [0.3, 0.4) is 0 Å². The fourth-order valence-electron chi connectivity index (χ4n) is 2.43. The van der Waals surface area contributed by atoms with E-state index in [0.29, 0.717) is 31.9 Å². The molecule has 1 aromatic rings. The summed E-state index contributed by atoms with van der Waals surface area (Å²) in [5.74, 6) is -0.249. The lowest BCUT2D eigenvalue weighted by molar-refractivity contribution is 0.0477. The Kier molecular flexibility index (Phi) is 8.36. The summed E-state index contributed by atoms with van der Waals surface area (Å²) < 4.78 is 25.4. The predicted molar refractivity (Wildman–Crippen MR) is 85.8 cm³/mol. The van der Waals surface area contributed by atoms with Gasteiger partial charge in [-0.25, -0.2) is 4.39 Å². The van der Waals surface area contributed by atoms with Crippen LogP contribution in [-0.4, -0.2) is 51.5 Å². The van der Waals surface area contributed by atoms with Crippen LogP contribution in [0.4, 0.5) is 4.39 Å². The van der Waals surface area contributed by atoms with Crippen molar-refractivity contribution in [2.75, 3.05) is 40.5 Å². The molecule has 0 heterocycles. The zero-order valence-corrected chi connectivity index (χ0v) is 14.4. The Morgan fingerprint density at radius 1 is 1.33 bits per heavy atom. The summed E-state index contributed by atoms with van der Waals surface area (Å²) in [5, 5.41) is 0. The molecule has 0 saturated heterocycles. The number of hydrogen-bond acceptors (Lipinski definition) is 4. The molecule has 0 saturated carbocycles.